The molecule has 118 valence electrons. The number of amides is 1. The molecule has 1 amide bonds. The fourth-order valence-corrected chi connectivity index (χ4v) is 2.88. The Morgan fingerprint density at radius 3 is 2.81 bits per heavy atom. The molecule has 2 rings (SSSR count). The van der Waals surface area contributed by atoms with Crippen LogP contribution in [0.15, 0.2) is 6.07 Å². The largest absolute Gasteiger partial charge is 0.392 e. The Balaban J connectivity index is 2.03. The van der Waals surface area contributed by atoms with E-state index in [1.165, 1.54) is 0 Å². The number of hydrogen-bond donors (Lipinski definition) is 2. The molecule has 2 atom stereocenters. The number of H-pyrrole nitrogens is 1. The van der Waals surface area contributed by atoms with Crippen LogP contribution in [0, 0.1) is 11.8 Å². The summed E-state index contributed by atoms with van der Waals surface area (Å²) in [6.07, 6.45) is -1.11. The Morgan fingerprint density at radius 2 is 2.14 bits per heavy atom. The fourth-order valence-electron chi connectivity index (χ4n) is 2.88. The maximum absolute atomic E-state index is 13.0. The van der Waals surface area contributed by atoms with E-state index >= 15 is 0 Å². The van der Waals surface area contributed by atoms with Gasteiger partial charge >= 0.3 is 6.18 Å². The number of aromatic amines is 1. The first-order chi connectivity index (χ1) is 9.91. The maximum atomic E-state index is 13.0. The Labute approximate surface area is 121 Å². The Hall–Kier alpha value is -1.53. The molecule has 0 spiro atoms. The van der Waals surface area contributed by atoms with E-state index in [2.05, 4.69) is 15.5 Å². The Morgan fingerprint density at radius 1 is 1.43 bits per heavy atom. The van der Waals surface area contributed by atoms with Crippen LogP contribution in [0.4, 0.5) is 19.0 Å². The molecule has 1 aromatic rings. The molecule has 0 bridgehead atoms. The molecule has 4 nitrogen and oxygen atoms in total. The third kappa shape index (κ3) is 3.98. The average molecular weight is 303 g/mol. The van der Waals surface area contributed by atoms with E-state index in [9.17, 15) is 18.0 Å². The van der Waals surface area contributed by atoms with Crippen molar-refractivity contribution in [2.45, 2.75) is 51.6 Å². The van der Waals surface area contributed by atoms with Crippen LogP contribution >= 0.6 is 0 Å². The molecule has 1 fully saturated rings. The van der Waals surface area contributed by atoms with Gasteiger partial charge in [-0.15, -0.1) is 0 Å². The molecule has 2 unspecified atom stereocenters. The highest BCUT2D eigenvalue weighted by Crippen LogP contribution is 2.41. The van der Waals surface area contributed by atoms with Gasteiger partial charge in [0.1, 0.15) is 0 Å². The van der Waals surface area contributed by atoms with Gasteiger partial charge in [-0.05, 0) is 19.3 Å². The summed E-state index contributed by atoms with van der Waals surface area (Å²) in [5.41, 5.74) is 0.865. The summed E-state index contributed by atoms with van der Waals surface area (Å²) in [6.45, 7) is 2.01. The minimum atomic E-state index is -4.32. The van der Waals surface area contributed by atoms with E-state index in [0.29, 0.717) is 18.7 Å². The molecule has 7 heteroatoms. The molecule has 1 aliphatic rings. The molecule has 0 aliphatic heterocycles. The smallest absolute Gasteiger partial charge is 0.309 e. The number of hydrogen-bond acceptors (Lipinski definition) is 2. The number of carbonyl (C=O) groups is 1. The van der Waals surface area contributed by atoms with Gasteiger partial charge in [-0.3, -0.25) is 9.89 Å². The van der Waals surface area contributed by atoms with Gasteiger partial charge in [0.2, 0.25) is 5.91 Å². The SMILES string of the molecule is CCCc1cc(NC(=O)C2CCCCC2C(F)(F)F)n[nH]1. The lowest BCUT2D eigenvalue weighted by Crippen LogP contribution is -2.39. The standard InChI is InChI=1S/C14H20F3N3O/c1-2-5-9-8-12(20-19-9)18-13(21)10-6-3-4-7-11(10)14(15,16)17/h8,10-11H,2-7H2,1H3,(H2,18,19,20,21). The number of alkyl halides is 3. The normalized spacial score (nSPS) is 23.0. The van der Waals surface area contributed by atoms with Crippen molar-refractivity contribution in [3.63, 3.8) is 0 Å². The summed E-state index contributed by atoms with van der Waals surface area (Å²) >= 11 is 0. The Kier molecular flexibility index (Phi) is 4.90. The third-order valence-corrected chi connectivity index (χ3v) is 3.92. The first-order valence-corrected chi connectivity index (χ1v) is 7.33. The molecule has 0 radical (unpaired) electrons. The number of aryl methyl sites for hydroxylation is 1. The number of nitrogens with one attached hydrogen (secondary N) is 2. The molecule has 2 N–H and O–H groups in total. The van der Waals surface area contributed by atoms with Crippen LogP contribution in [0.3, 0.4) is 0 Å². The molecule has 0 aromatic carbocycles. The minimum Gasteiger partial charge on any atom is -0.309 e. The lowest BCUT2D eigenvalue weighted by molar-refractivity contribution is -0.197. The van der Waals surface area contributed by atoms with Gasteiger partial charge in [-0.25, -0.2) is 0 Å². The molecule has 21 heavy (non-hydrogen) atoms. The van der Waals surface area contributed by atoms with Crippen molar-refractivity contribution in [1.82, 2.24) is 10.2 Å². The molecule has 1 heterocycles. The lowest BCUT2D eigenvalue weighted by Gasteiger charge is -2.31. The van der Waals surface area contributed by atoms with E-state index in [4.69, 9.17) is 0 Å². The Bertz CT molecular complexity index is 484. The summed E-state index contributed by atoms with van der Waals surface area (Å²) < 4.78 is 39.0. The van der Waals surface area contributed by atoms with Crippen molar-refractivity contribution < 1.29 is 18.0 Å². The first kappa shape index (κ1) is 15.9. The summed E-state index contributed by atoms with van der Waals surface area (Å²) in [5, 5.41) is 9.20. The molecule has 0 saturated heterocycles. The summed E-state index contributed by atoms with van der Waals surface area (Å²) in [5.74, 6) is -2.83. The van der Waals surface area contributed by atoms with E-state index in [0.717, 1.165) is 18.5 Å². The van der Waals surface area contributed by atoms with E-state index < -0.39 is 23.9 Å². The highest BCUT2D eigenvalue weighted by Gasteiger charge is 2.48. The topological polar surface area (TPSA) is 57.8 Å². The summed E-state index contributed by atoms with van der Waals surface area (Å²) in [4.78, 5) is 12.1. The number of carbonyl (C=O) groups excluding carboxylic acids is 1. The molecule has 1 saturated carbocycles. The van der Waals surface area contributed by atoms with Gasteiger partial charge in [0.15, 0.2) is 5.82 Å². The predicted octanol–water partition coefficient (Wildman–Crippen LogP) is 3.67. The number of rotatable bonds is 4. The van der Waals surface area contributed by atoms with Gasteiger partial charge in [0, 0.05) is 17.7 Å². The van der Waals surface area contributed by atoms with E-state index in [1.807, 2.05) is 6.92 Å². The van der Waals surface area contributed by atoms with Crippen LogP contribution in [0.2, 0.25) is 0 Å². The van der Waals surface area contributed by atoms with Gasteiger partial charge in [0.05, 0.1) is 5.92 Å². The summed E-state index contributed by atoms with van der Waals surface area (Å²) in [7, 11) is 0. The van der Waals surface area contributed by atoms with Crippen molar-refractivity contribution in [1.29, 1.82) is 0 Å². The predicted molar refractivity (Wildman–Crippen MR) is 72.7 cm³/mol. The fraction of sp³-hybridized carbons (Fsp3) is 0.714. The van der Waals surface area contributed by atoms with Gasteiger partial charge in [-0.1, -0.05) is 26.2 Å². The number of anilines is 1. The van der Waals surface area contributed by atoms with Crippen molar-refractivity contribution in [3.8, 4) is 0 Å². The van der Waals surface area contributed by atoms with Crippen LogP contribution in [-0.2, 0) is 11.2 Å². The van der Waals surface area contributed by atoms with Crippen LogP contribution < -0.4 is 5.32 Å². The van der Waals surface area contributed by atoms with Gasteiger partial charge < -0.3 is 5.32 Å². The van der Waals surface area contributed by atoms with Crippen LogP contribution in [0.1, 0.15) is 44.7 Å². The first-order valence-electron chi connectivity index (χ1n) is 7.33. The third-order valence-electron chi connectivity index (χ3n) is 3.92. The van der Waals surface area contributed by atoms with Crippen molar-refractivity contribution >= 4 is 11.7 Å². The number of halogens is 3. The highest BCUT2D eigenvalue weighted by molar-refractivity contribution is 5.92. The molecular formula is C14H20F3N3O. The quantitative estimate of drug-likeness (QED) is 0.891. The zero-order valence-electron chi connectivity index (χ0n) is 12.0. The van der Waals surface area contributed by atoms with Crippen LogP contribution in [0.25, 0.3) is 0 Å². The summed E-state index contributed by atoms with van der Waals surface area (Å²) in [6, 6.07) is 1.67. The zero-order chi connectivity index (χ0) is 15.5. The monoisotopic (exact) mass is 303 g/mol. The second kappa shape index (κ2) is 6.49. The molecule has 1 aromatic heterocycles. The van der Waals surface area contributed by atoms with Gasteiger partial charge in [0.25, 0.3) is 0 Å². The average Bonchev–Trinajstić information content (AvgIpc) is 2.85. The lowest BCUT2D eigenvalue weighted by atomic mass is 9.78. The number of nitrogens with zero attached hydrogens (tertiary/aromatic N) is 1. The van der Waals surface area contributed by atoms with E-state index in [-0.39, 0.29) is 12.8 Å². The van der Waals surface area contributed by atoms with Crippen molar-refractivity contribution in [2.75, 3.05) is 5.32 Å². The molecular weight excluding hydrogens is 283 g/mol. The highest BCUT2D eigenvalue weighted by atomic mass is 19.4. The van der Waals surface area contributed by atoms with E-state index in [1.54, 1.807) is 6.07 Å². The number of aromatic nitrogens is 2. The second-order valence-corrected chi connectivity index (χ2v) is 5.56. The van der Waals surface area contributed by atoms with Crippen LogP contribution in [-0.4, -0.2) is 22.3 Å². The van der Waals surface area contributed by atoms with Crippen molar-refractivity contribution in [2.24, 2.45) is 11.8 Å². The van der Waals surface area contributed by atoms with Gasteiger partial charge in [-0.2, -0.15) is 18.3 Å². The zero-order valence-corrected chi connectivity index (χ0v) is 12.0. The molecule has 1 aliphatic carbocycles. The van der Waals surface area contributed by atoms with Crippen molar-refractivity contribution in [3.05, 3.63) is 11.8 Å². The minimum absolute atomic E-state index is 0.0310. The maximum Gasteiger partial charge on any atom is 0.392 e. The van der Waals surface area contributed by atoms with Crippen LogP contribution in [0.5, 0.6) is 0 Å². The second-order valence-electron chi connectivity index (χ2n) is 5.56.